The van der Waals surface area contributed by atoms with E-state index < -0.39 is 30.2 Å². The molecular formula is C51H50BF7. The molecule has 0 nitrogen and oxygen atoms in total. The van der Waals surface area contributed by atoms with Gasteiger partial charge in [-0.15, -0.1) is 0 Å². The summed E-state index contributed by atoms with van der Waals surface area (Å²) in [6.07, 6.45) is -8.89. The highest BCUT2D eigenvalue weighted by atomic mass is 19.4. The van der Waals surface area contributed by atoms with Crippen LogP contribution < -0.4 is 16.4 Å². The zero-order valence-corrected chi connectivity index (χ0v) is 35.9. The van der Waals surface area contributed by atoms with Crippen molar-refractivity contribution in [1.29, 1.82) is 0 Å². The van der Waals surface area contributed by atoms with Gasteiger partial charge in [0.05, 0.1) is 11.1 Å². The molecule has 0 heterocycles. The van der Waals surface area contributed by atoms with Gasteiger partial charge in [0.1, 0.15) is 6.67 Å². The average molecular weight is 807 g/mol. The largest absolute Gasteiger partial charge is 0.416 e. The van der Waals surface area contributed by atoms with Gasteiger partial charge in [-0.1, -0.05) is 98.3 Å². The fourth-order valence-electron chi connectivity index (χ4n) is 9.47. The third-order valence-electron chi connectivity index (χ3n) is 13.3. The molecule has 0 aromatic heterocycles. The van der Waals surface area contributed by atoms with Crippen LogP contribution >= 0.6 is 0 Å². The van der Waals surface area contributed by atoms with E-state index in [1.165, 1.54) is 0 Å². The van der Waals surface area contributed by atoms with Crippen LogP contribution in [0.5, 0.6) is 0 Å². The molecule has 0 N–H and O–H groups in total. The predicted molar refractivity (Wildman–Crippen MR) is 232 cm³/mol. The standard InChI is InChI=1S/C51H50BF7/c1-26-32(7)47(33(8)27(2)44(26)39-15-13-38(25-53)14-16-39)52(48-34(9)28(3)45(29(4)35(48)10)40-17-21-42(22-18-40)50(54,55)56)49-36(11)30(5)46(31(6)37(49)12)41-19-23-43(24-20-41)51(57,58)59/h13-24H,25H2,1-12H3. The molecule has 0 bridgehead atoms. The van der Waals surface area contributed by atoms with Crippen molar-refractivity contribution in [3.05, 3.63) is 156 Å². The number of alkyl halides is 7. The quantitative estimate of drug-likeness (QED) is 0.111. The number of benzene rings is 6. The summed E-state index contributed by atoms with van der Waals surface area (Å²) in [5.74, 6) is 0. The molecule has 0 aliphatic carbocycles. The minimum Gasteiger partial charge on any atom is -0.246 e. The lowest BCUT2D eigenvalue weighted by Crippen LogP contribution is -2.58. The highest BCUT2D eigenvalue weighted by molar-refractivity contribution is 6.97. The first-order valence-electron chi connectivity index (χ1n) is 19.8. The Morgan fingerprint density at radius 2 is 0.559 bits per heavy atom. The van der Waals surface area contributed by atoms with Crippen LogP contribution in [-0.4, -0.2) is 6.71 Å². The molecule has 0 fully saturated rings. The molecule has 0 saturated heterocycles. The topological polar surface area (TPSA) is 0 Å². The van der Waals surface area contributed by atoms with Gasteiger partial charge < -0.3 is 0 Å². The number of hydrogen-bond donors (Lipinski definition) is 0. The normalized spacial score (nSPS) is 12.1. The van der Waals surface area contributed by atoms with Gasteiger partial charge in [-0.2, -0.15) is 26.3 Å². The highest BCUT2D eigenvalue weighted by Gasteiger charge is 2.37. The molecule has 6 aromatic carbocycles. The molecule has 0 atom stereocenters. The Morgan fingerprint density at radius 1 is 0.339 bits per heavy atom. The fourth-order valence-corrected chi connectivity index (χ4v) is 9.47. The minimum absolute atomic E-state index is 0.284. The summed E-state index contributed by atoms with van der Waals surface area (Å²) in [6.45, 7) is 24.3. The van der Waals surface area contributed by atoms with Crippen molar-refractivity contribution in [3.63, 3.8) is 0 Å². The van der Waals surface area contributed by atoms with Crippen LogP contribution in [-0.2, 0) is 19.0 Å². The van der Waals surface area contributed by atoms with Gasteiger partial charge in [0, 0.05) is 0 Å². The van der Waals surface area contributed by atoms with E-state index in [-0.39, 0.29) is 6.71 Å². The monoisotopic (exact) mass is 806 g/mol. The van der Waals surface area contributed by atoms with Crippen molar-refractivity contribution in [2.24, 2.45) is 0 Å². The molecule has 6 aromatic rings. The average Bonchev–Trinajstić information content (AvgIpc) is 3.19. The van der Waals surface area contributed by atoms with Crippen LogP contribution in [0.1, 0.15) is 83.5 Å². The van der Waals surface area contributed by atoms with E-state index in [0.717, 1.165) is 130 Å². The number of halogens is 7. The first-order chi connectivity index (χ1) is 27.5. The Labute approximate surface area is 344 Å². The summed E-state index contributed by atoms with van der Waals surface area (Å²) >= 11 is 0. The summed E-state index contributed by atoms with van der Waals surface area (Å²) < 4.78 is 95.1. The Bertz CT molecular complexity index is 2380. The lowest BCUT2D eigenvalue weighted by atomic mass is 9.32. The van der Waals surface area contributed by atoms with Crippen molar-refractivity contribution < 1.29 is 30.7 Å². The molecular weight excluding hydrogens is 756 g/mol. The second-order valence-corrected chi connectivity index (χ2v) is 16.3. The minimum atomic E-state index is -4.45. The van der Waals surface area contributed by atoms with Gasteiger partial charge in [0.15, 0.2) is 0 Å². The maximum absolute atomic E-state index is 13.6. The van der Waals surface area contributed by atoms with Crippen molar-refractivity contribution >= 4 is 23.1 Å². The maximum Gasteiger partial charge on any atom is 0.416 e. The van der Waals surface area contributed by atoms with E-state index >= 15 is 0 Å². The lowest BCUT2D eigenvalue weighted by Gasteiger charge is -2.33. The van der Waals surface area contributed by atoms with E-state index in [2.05, 4.69) is 55.4 Å². The molecule has 0 spiro atoms. The number of hydrogen-bond acceptors (Lipinski definition) is 0. The Kier molecular flexibility index (Phi) is 11.7. The molecule has 0 amide bonds. The summed E-state index contributed by atoms with van der Waals surface area (Å²) in [7, 11) is 0. The van der Waals surface area contributed by atoms with Crippen molar-refractivity contribution in [2.75, 3.05) is 0 Å². The SMILES string of the molecule is Cc1c(C)c(-c2ccc(CF)cc2)c(C)c(C)c1B(c1c(C)c(C)c(-c2ccc(C(F)(F)F)cc2)c(C)c1C)c1c(C)c(C)c(-c2ccc(C(F)(F)F)cc2)c(C)c1C. The van der Waals surface area contributed by atoms with Gasteiger partial charge in [-0.05, 0) is 180 Å². The van der Waals surface area contributed by atoms with E-state index in [0.29, 0.717) is 16.7 Å². The third-order valence-corrected chi connectivity index (χ3v) is 13.3. The van der Waals surface area contributed by atoms with Gasteiger partial charge in [-0.3, -0.25) is 0 Å². The maximum atomic E-state index is 13.6. The van der Waals surface area contributed by atoms with Gasteiger partial charge in [0.2, 0.25) is 6.71 Å². The van der Waals surface area contributed by atoms with Crippen molar-refractivity contribution in [1.82, 2.24) is 0 Å². The molecule has 59 heavy (non-hydrogen) atoms. The molecule has 6 rings (SSSR count). The molecule has 8 heteroatoms. The van der Waals surface area contributed by atoms with E-state index in [4.69, 9.17) is 0 Å². The molecule has 306 valence electrons. The molecule has 0 unspecified atom stereocenters. The lowest BCUT2D eigenvalue weighted by molar-refractivity contribution is -0.138. The third kappa shape index (κ3) is 7.53. The van der Waals surface area contributed by atoms with E-state index in [9.17, 15) is 30.7 Å². The van der Waals surface area contributed by atoms with Gasteiger partial charge in [-0.25, -0.2) is 4.39 Å². The number of rotatable bonds is 7. The molecule has 0 saturated carbocycles. The van der Waals surface area contributed by atoms with Crippen LogP contribution in [0.3, 0.4) is 0 Å². The van der Waals surface area contributed by atoms with Crippen LogP contribution in [0, 0.1) is 83.1 Å². The van der Waals surface area contributed by atoms with Gasteiger partial charge >= 0.3 is 12.4 Å². The molecule has 0 radical (unpaired) electrons. The Balaban J connectivity index is 1.69. The second-order valence-electron chi connectivity index (χ2n) is 16.3. The summed E-state index contributed by atoms with van der Waals surface area (Å²) in [4.78, 5) is 0. The zero-order valence-electron chi connectivity index (χ0n) is 35.9. The fraction of sp³-hybridized carbons (Fsp3) is 0.294. The van der Waals surface area contributed by atoms with E-state index in [1.54, 1.807) is 24.3 Å². The zero-order chi connectivity index (χ0) is 43.6. The van der Waals surface area contributed by atoms with E-state index in [1.807, 2.05) is 52.0 Å². The summed E-state index contributed by atoms with van der Waals surface area (Å²) in [5.41, 5.74) is 20.5. The first kappa shape index (κ1) is 43.5. The smallest absolute Gasteiger partial charge is 0.246 e. The Hall–Kier alpha value is -5.11. The van der Waals surface area contributed by atoms with Crippen LogP contribution in [0.4, 0.5) is 30.7 Å². The van der Waals surface area contributed by atoms with Gasteiger partial charge in [0.25, 0.3) is 0 Å². The summed E-state index contributed by atoms with van der Waals surface area (Å²) in [6, 6.07) is 18.3. The second kappa shape index (κ2) is 15.8. The van der Waals surface area contributed by atoms with Crippen LogP contribution in [0.2, 0.25) is 0 Å². The van der Waals surface area contributed by atoms with Crippen molar-refractivity contribution in [2.45, 2.75) is 102 Å². The first-order valence-corrected chi connectivity index (χ1v) is 19.8. The Morgan fingerprint density at radius 3 is 0.763 bits per heavy atom. The van der Waals surface area contributed by atoms with Crippen molar-refractivity contribution in [3.8, 4) is 33.4 Å². The van der Waals surface area contributed by atoms with Crippen LogP contribution in [0.15, 0.2) is 72.8 Å². The van der Waals surface area contributed by atoms with Crippen LogP contribution in [0.25, 0.3) is 33.4 Å². The molecule has 0 aliphatic heterocycles. The summed E-state index contributed by atoms with van der Waals surface area (Å²) in [5, 5.41) is 0. The predicted octanol–water partition coefficient (Wildman–Crippen LogP) is 13.4. The highest BCUT2D eigenvalue weighted by Crippen LogP contribution is 2.38. The molecule has 0 aliphatic rings.